The Morgan fingerprint density at radius 1 is 1.10 bits per heavy atom. The van der Waals surface area contributed by atoms with Crippen molar-refractivity contribution in [3.8, 4) is 0 Å². The number of fused-ring (bicyclic) bond motifs is 1. The van der Waals surface area contributed by atoms with E-state index in [9.17, 15) is 9.90 Å². The van der Waals surface area contributed by atoms with Crippen molar-refractivity contribution in [1.29, 1.82) is 0 Å². The molecule has 0 aromatic heterocycles. The molecule has 1 fully saturated rings. The maximum atomic E-state index is 12.4. The van der Waals surface area contributed by atoms with Crippen molar-refractivity contribution < 1.29 is 9.90 Å². The number of aliphatic hydroxyl groups excluding tert-OH is 1. The fraction of sp³-hybridized carbons (Fsp3) is 0.833. The lowest BCUT2D eigenvalue weighted by atomic mass is 9.80. The molecule has 1 saturated carbocycles. The zero-order valence-electron chi connectivity index (χ0n) is 13.3. The van der Waals surface area contributed by atoms with Crippen LogP contribution in [0.4, 0.5) is 0 Å². The molecule has 3 atom stereocenters. The minimum Gasteiger partial charge on any atom is -0.512 e. The molecule has 114 valence electrons. The highest BCUT2D eigenvalue weighted by molar-refractivity contribution is 6.00. The SMILES string of the molecule is CC(C)CCC[C@@H](C)CC1=C(O)[C@@H]2CCCC[C@@H]2C1=O. The normalized spacial score (nSPS) is 28.1. The number of carbonyl (C=O) groups is 1. The van der Waals surface area contributed by atoms with Gasteiger partial charge < -0.3 is 5.11 Å². The molecule has 2 nitrogen and oxygen atoms in total. The number of aliphatic hydroxyl groups is 1. The second kappa shape index (κ2) is 6.78. The van der Waals surface area contributed by atoms with Gasteiger partial charge in [0.2, 0.25) is 0 Å². The molecule has 0 aromatic rings. The molecular formula is C18H30O2. The van der Waals surface area contributed by atoms with Gasteiger partial charge in [0.25, 0.3) is 0 Å². The molecule has 0 bridgehead atoms. The zero-order chi connectivity index (χ0) is 14.7. The Hall–Kier alpha value is -0.790. The van der Waals surface area contributed by atoms with Crippen molar-refractivity contribution in [3.05, 3.63) is 11.3 Å². The third-order valence-corrected chi connectivity index (χ3v) is 5.09. The lowest BCUT2D eigenvalue weighted by molar-refractivity contribution is -0.120. The standard InChI is InChI=1S/C18H30O2/c1-12(2)7-6-8-13(3)11-16-17(19)14-9-4-5-10-15(14)18(16)20/h12-15,19H,4-11H2,1-3H3/t13-,14-,15+/m1/s1. The molecule has 2 aliphatic rings. The van der Waals surface area contributed by atoms with Gasteiger partial charge in [0.15, 0.2) is 5.78 Å². The lowest BCUT2D eigenvalue weighted by Gasteiger charge is -2.23. The van der Waals surface area contributed by atoms with Gasteiger partial charge in [-0.3, -0.25) is 4.79 Å². The molecule has 1 N–H and O–H groups in total. The molecule has 0 unspecified atom stereocenters. The van der Waals surface area contributed by atoms with Gasteiger partial charge in [-0.1, -0.05) is 52.9 Å². The summed E-state index contributed by atoms with van der Waals surface area (Å²) in [5, 5.41) is 10.4. The van der Waals surface area contributed by atoms with E-state index >= 15 is 0 Å². The molecule has 2 aliphatic carbocycles. The molecule has 2 rings (SSSR count). The van der Waals surface area contributed by atoms with Crippen LogP contribution in [-0.4, -0.2) is 10.9 Å². The summed E-state index contributed by atoms with van der Waals surface area (Å²) < 4.78 is 0. The smallest absolute Gasteiger partial charge is 0.166 e. The van der Waals surface area contributed by atoms with Crippen LogP contribution in [0, 0.1) is 23.7 Å². The second-order valence-electron chi connectivity index (χ2n) is 7.36. The molecule has 0 heterocycles. The zero-order valence-corrected chi connectivity index (χ0v) is 13.3. The van der Waals surface area contributed by atoms with Gasteiger partial charge in [-0.05, 0) is 31.1 Å². The largest absolute Gasteiger partial charge is 0.512 e. The number of ketones is 1. The number of rotatable bonds is 6. The number of hydrogen-bond donors (Lipinski definition) is 1. The van der Waals surface area contributed by atoms with Gasteiger partial charge >= 0.3 is 0 Å². The molecule has 20 heavy (non-hydrogen) atoms. The third kappa shape index (κ3) is 3.45. The van der Waals surface area contributed by atoms with E-state index in [4.69, 9.17) is 0 Å². The van der Waals surface area contributed by atoms with Crippen molar-refractivity contribution in [3.63, 3.8) is 0 Å². The highest BCUT2D eigenvalue weighted by Crippen LogP contribution is 2.44. The summed E-state index contributed by atoms with van der Waals surface area (Å²) in [5.74, 6) is 2.26. The Bertz CT molecular complexity index is 381. The number of Topliss-reactive ketones (excluding diaryl/α,β-unsaturated/α-hetero) is 1. The van der Waals surface area contributed by atoms with Crippen molar-refractivity contribution in [2.75, 3.05) is 0 Å². The quantitative estimate of drug-likeness (QED) is 0.739. The lowest BCUT2D eigenvalue weighted by Crippen LogP contribution is -2.22. The summed E-state index contributed by atoms with van der Waals surface area (Å²) >= 11 is 0. The van der Waals surface area contributed by atoms with Crippen LogP contribution in [0.1, 0.15) is 72.1 Å². The van der Waals surface area contributed by atoms with E-state index in [2.05, 4.69) is 20.8 Å². The second-order valence-corrected chi connectivity index (χ2v) is 7.36. The molecule has 0 aliphatic heterocycles. The number of allylic oxidation sites excluding steroid dienone is 2. The number of carbonyl (C=O) groups excluding carboxylic acids is 1. The van der Waals surface area contributed by atoms with Gasteiger partial charge in [-0.2, -0.15) is 0 Å². The highest BCUT2D eigenvalue weighted by atomic mass is 16.3. The van der Waals surface area contributed by atoms with Crippen molar-refractivity contribution >= 4 is 5.78 Å². The van der Waals surface area contributed by atoms with Crippen LogP contribution in [-0.2, 0) is 4.79 Å². The predicted molar refractivity (Wildman–Crippen MR) is 82.6 cm³/mol. The van der Waals surface area contributed by atoms with E-state index in [-0.39, 0.29) is 17.6 Å². The average Bonchev–Trinajstić information content (AvgIpc) is 2.64. The van der Waals surface area contributed by atoms with Gasteiger partial charge in [-0.25, -0.2) is 0 Å². The van der Waals surface area contributed by atoms with Crippen LogP contribution >= 0.6 is 0 Å². The summed E-state index contributed by atoms with van der Waals surface area (Å²) in [6.07, 6.45) is 8.75. The van der Waals surface area contributed by atoms with Crippen LogP contribution in [0.3, 0.4) is 0 Å². The van der Waals surface area contributed by atoms with Crippen LogP contribution in [0.15, 0.2) is 11.3 Å². The Labute approximate surface area is 123 Å². The summed E-state index contributed by atoms with van der Waals surface area (Å²) in [5.41, 5.74) is 0.777. The average molecular weight is 278 g/mol. The van der Waals surface area contributed by atoms with Gasteiger partial charge in [0.1, 0.15) is 5.76 Å². The van der Waals surface area contributed by atoms with E-state index in [1.54, 1.807) is 0 Å². The summed E-state index contributed by atoms with van der Waals surface area (Å²) in [6, 6.07) is 0. The van der Waals surface area contributed by atoms with E-state index in [1.807, 2.05) is 0 Å². The molecule has 0 amide bonds. The van der Waals surface area contributed by atoms with Crippen molar-refractivity contribution in [2.24, 2.45) is 23.7 Å². The van der Waals surface area contributed by atoms with Gasteiger partial charge in [0.05, 0.1) is 0 Å². The Kier molecular flexibility index (Phi) is 5.29. The molecule has 0 spiro atoms. The predicted octanol–water partition coefficient (Wildman–Crippen LogP) is 5.04. The maximum absolute atomic E-state index is 12.4. The van der Waals surface area contributed by atoms with Crippen LogP contribution in [0.2, 0.25) is 0 Å². The van der Waals surface area contributed by atoms with Crippen LogP contribution in [0.5, 0.6) is 0 Å². The van der Waals surface area contributed by atoms with Crippen LogP contribution < -0.4 is 0 Å². The van der Waals surface area contributed by atoms with Crippen molar-refractivity contribution in [1.82, 2.24) is 0 Å². The van der Waals surface area contributed by atoms with Crippen molar-refractivity contribution in [2.45, 2.75) is 72.1 Å². The first-order chi connectivity index (χ1) is 9.50. The monoisotopic (exact) mass is 278 g/mol. The van der Waals surface area contributed by atoms with Gasteiger partial charge in [0, 0.05) is 17.4 Å². The fourth-order valence-corrected chi connectivity index (χ4v) is 3.88. The van der Waals surface area contributed by atoms with E-state index < -0.39 is 0 Å². The van der Waals surface area contributed by atoms with E-state index in [1.165, 1.54) is 12.8 Å². The fourth-order valence-electron chi connectivity index (χ4n) is 3.88. The number of hydrogen-bond acceptors (Lipinski definition) is 2. The first-order valence-corrected chi connectivity index (χ1v) is 8.47. The highest BCUT2D eigenvalue weighted by Gasteiger charge is 2.42. The molecule has 0 aromatic carbocycles. The Morgan fingerprint density at radius 2 is 1.75 bits per heavy atom. The van der Waals surface area contributed by atoms with E-state index in [0.29, 0.717) is 11.7 Å². The first-order valence-electron chi connectivity index (χ1n) is 8.47. The summed E-state index contributed by atoms with van der Waals surface area (Å²) in [4.78, 5) is 12.4. The molecular weight excluding hydrogens is 248 g/mol. The Morgan fingerprint density at radius 3 is 2.35 bits per heavy atom. The van der Waals surface area contributed by atoms with E-state index in [0.717, 1.165) is 50.0 Å². The van der Waals surface area contributed by atoms with Gasteiger partial charge in [-0.15, -0.1) is 0 Å². The maximum Gasteiger partial charge on any atom is 0.166 e. The first kappa shape index (κ1) is 15.6. The molecule has 2 heteroatoms. The van der Waals surface area contributed by atoms with Crippen LogP contribution in [0.25, 0.3) is 0 Å². The molecule has 0 radical (unpaired) electrons. The summed E-state index contributed by atoms with van der Waals surface area (Å²) in [7, 11) is 0. The minimum absolute atomic E-state index is 0.113. The third-order valence-electron chi connectivity index (χ3n) is 5.09. The summed E-state index contributed by atoms with van der Waals surface area (Å²) in [6.45, 7) is 6.73. The minimum atomic E-state index is 0.113. The molecule has 0 saturated heterocycles. The topological polar surface area (TPSA) is 37.3 Å². The Balaban J connectivity index is 1.91.